The average Bonchev–Trinajstić information content (AvgIpc) is 3.02. The Labute approximate surface area is 241 Å². The number of carboxylic acid groups (broad SMARTS) is 1. The van der Waals surface area contributed by atoms with Crippen LogP contribution < -0.4 is 10.6 Å². The molecule has 3 amide bonds. The standard InChI is InChI=1S/C27H31Cl2N3O6S/c1-6-38-25(37)32-21(26(2,3)39-27(32,4)5)23(34)31-19(24(35)36)14-15-10-12-16(13-11-15)30-22(33)20-17(28)8-7-9-18(20)29/h7-13,19,21H,6,14H2,1-5H3,(H,30,33)(H,31,34)(H,35,36)/t19-,21-/m0/s1. The minimum atomic E-state index is -1.26. The van der Waals surface area contributed by atoms with Gasteiger partial charge < -0.3 is 20.5 Å². The summed E-state index contributed by atoms with van der Waals surface area (Å²) in [5.41, 5.74) is 1.21. The van der Waals surface area contributed by atoms with E-state index in [0.29, 0.717) is 11.3 Å². The predicted molar refractivity (Wildman–Crippen MR) is 153 cm³/mol. The first-order valence-electron chi connectivity index (χ1n) is 12.2. The summed E-state index contributed by atoms with van der Waals surface area (Å²) in [4.78, 5) is 51.5. The van der Waals surface area contributed by atoms with Gasteiger partial charge in [-0.25, -0.2) is 9.59 Å². The van der Waals surface area contributed by atoms with Crippen molar-refractivity contribution in [3.63, 3.8) is 0 Å². The van der Waals surface area contributed by atoms with Crippen LogP contribution in [-0.2, 0) is 20.7 Å². The van der Waals surface area contributed by atoms with E-state index in [1.54, 1.807) is 49.4 Å². The van der Waals surface area contributed by atoms with Crippen molar-refractivity contribution in [3.05, 3.63) is 63.6 Å². The molecule has 2 aromatic rings. The molecule has 0 unspecified atom stereocenters. The number of nitrogens with one attached hydrogen (secondary N) is 2. The number of ether oxygens (including phenoxy) is 1. The van der Waals surface area contributed by atoms with Crippen molar-refractivity contribution in [1.29, 1.82) is 0 Å². The van der Waals surface area contributed by atoms with Gasteiger partial charge in [0.05, 0.1) is 27.1 Å². The maximum absolute atomic E-state index is 13.4. The number of hydrogen-bond acceptors (Lipinski definition) is 6. The number of carbonyl (C=O) groups is 4. The zero-order valence-corrected chi connectivity index (χ0v) is 24.5. The summed E-state index contributed by atoms with van der Waals surface area (Å²) >= 11 is 13.6. The molecule has 1 aliphatic rings. The molecule has 12 heteroatoms. The van der Waals surface area contributed by atoms with Gasteiger partial charge in [0.2, 0.25) is 5.91 Å². The number of carbonyl (C=O) groups excluding carboxylic acids is 3. The van der Waals surface area contributed by atoms with Gasteiger partial charge in [-0.3, -0.25) is 14.5 Å². The Hall–Kier alpha value is -2.95. The summed E-state index contributed by atoms with van der Waals surface area (Å²) in [5.74, 6) is -2.29. The monoisotopic (exact) mass is 595 g/mol. The van der Waals surface area contributed by atoms with Crippen LogP contribution in [0.5, 0.6) is 0 Å². The topological polar surface area (TPSA) is 125 Å². The van der Waals surface area contributed by atoms with Crippen molar-refractivity contribution < 1.29 is 29.0 Å². The third-order valence-electron chi connectivity index (χ3n) is 6.18. The van der Waals surface area contributed by atoms with Gasteiger partial charge in [0, 0.05) is 16.9 Å². The summed E-state index contributed by atoms with van der Waals surface area (Å²) in [6.45, 7) is 9.13. The van der Waals surface area contributed by atoms with Crippen LogP contribution in [0.3, 0.4) is 0 Å². The fourth-order valence-electron chi connectivity index (χ4n) is 4.64. The highest BCUT2D eigenvalue weighted by molar-refractivity contribution is 8.02. The first-order chi connectivity index (χ1) is 18.2. The Morgan fingerprint density at radius 3 is 2.18 bits per heavy atom. The number of hydrogen-bond donors (Lipinski definition) is 3. The van der Waals surface area contributed by atoms with Crippen LogP contribution in [-0.4, -0.2) is 62.2 Å². The molecule has 3 rings (SSSR count). The van der Waals surface area contributed by atoms with Crippen molar-refractivity contribution in [2.24, 2.45) is 0 Å². The number of thioether (sulfide) groups is 1. The van der Waals surface area contributed by atoms with Gasteiger partial charge in [-0.1, -0.05) is 41.4 Å². The van der Waals surface area contributed by atoms with E-state index in [-0.39, 0.29) is 28.6 Å². The Morgan fingerprint density at radius 2 is 1.64 bits per heavy atom. The number of rotatable bonds is 8. The molecule has 2 aromatic carbocycles. The number of benzene rings is 2. The van der Waals surface area contributed by atoms with E-state index in [4.69, 9.17) is 27.9 Å². The Kier molecular flexibility index (Phi) is 9.46. The van der Waals surface area contributed by atoms with Crippen molar-refractivity contribution in [2.75, 3.05) is 11.9 Å². The number of aliphatic carboxylic acids is 1. The van der Waals surface area contributed by atoms with E-state index in [0.717, 1.165) is 0 Å². The molecular formula is C27H31Cl2N3O6S. The normalized spacial score (nSPS) is 18.2. The highest BCUT2D eigenvalue weighted by Crippen LogP contribution is 2.51. The molecule has 2 atom stereocenters. The Bertz CT molecular complexity index is 1250. The smallest absolute Gasteiger partial charge is 0.411 e. The van der Waals surface area contributed by atoms with Crippen LogP contribution in [0.1, 0.15) is 50.5 Å². The molecule has 1 saturated heterocycles. The molecule has 1 fully saturated rings. The van der Waals surface area contributed by atoms with Gasteiger partial charge in [0.1, 0.15) is 12.1 Å². The number of amides is 3. The fourth-order valence-corrected chi connectivity index (χ4v) is 7.10. The number of carboxylic acids is 1. The lowest BCUT2D eigenvalue weighted by atomic mass is 9.98. The van der Waals surface area contributed by atoms with Gasteiger partial charge in [0.15, 0.2) is 0 Å². The highest BCUT2D eigenvalue weighted by Gasteiger charge is 2.57. The van der Waals surface area contributed by atoms with E-state index in [1.165, 1.54) is 16.7 Å². The molecular weight excluding hydrogens is 565 g/mol. The van der Waals surface area contributed by atoms with E-state index in [9.17, 15) is 24.3 Å². The Balaban J connectivity index is 1.74. The molecule has 3 N–H and O–H groups in total. The molecule has 210 valence electrons. The molecule has 0 bridgehead atoms. The van der Waals surface area contributed by atoms with Gasteiger partial charge in [-0.15, -0.1) is 11.8 Å². The highest BCUT2D eigenvalue weighted by atomic mass is 35.5. The zero-order valence-electron chi connectivity index (χ0n) is 22.2. The van der Waals surface area contributed by atoms with Gasteiger partial charge >= 0.3 is 12.1 Å². The van der Waals surface area contributed by atoms with Crippen LogP contribution >= 0.6 is 35.0 Å². The third-order valence-corrected chi connectivity index (χ3v) is 8.25. The zero-order chi connectivity index (χ0) is 29.1. The second kappa shape index (κ2) is 12.1. The van der Waals surface area contributed by atoms with E-state index >= 15 is 0 Å². The number of anilines is 1. The average molecular weight is 597 g/mol. The maximum atomic E-state index is 13.4. The summed E-state index contributed by atoms with van der Waals surface area (Å²) in [5, 5.41) is 15.6. The van der Waals surface area contributed by atoms with Crippen LogP contribution in [0.15, 0.2) is 42.5 Å². The largest absolute Gasteiger partial charge is 0.480 e. The molecule has 0 spiro atoms. The van der Waals surface area contributed by atoms with Crippen molar-refractivity contribution >= 4 is 64.5 Å². The minimum absolute atomic E-state index is 0.0191. The molecule has 1 aliphatic heterocycles. The van der Waals surface area contributed by atoms with E-state index in [2.05, 4.69) is 10.6 Å². The summed E-state index contributed by atoms with van der Waals surface area (Å²) in [6, 6.07) is 9.07. The van der Waals surface area contributed by atoms with Crippen molar-refractivity contribution in [2.45, 2.75) is 62.7 Å². The van der Waals surface area contributed by atoms with Crippen LogP contribution in [0.4, 0.5) is 10.5 Å². The lowest BCUT2D eigenvalue weighted by Crippen LogP contribution is -2.59. The second-order valence-corrected chi connectivity index (χ2v) is 13.0. The van der Waals surface area contributed by atoms with E-state index < -0.39 is 45.6 Å². The third kappa shape index (κ3) is 6.98. The first kappa shape index (κ1) is 30.6. The lowest BCUT2D eigenvalue weighted by molar-refractivity contribution is -0.142. The lowest BCUT2D eigenvalue weighted by Gasteiger charge is -2.34. The molecule has 9 nitrogen and oxygen atoms in total. The van der Waals surface area contributed by atoms with Gasteiger partial charge in [-0.05, 0) is 64.4 Å². The minimum Gasteiger partial charge on any atom is -0.480 e. The maximum Gasteiger partial charge on any atom is 0.411 e. The van der Waals surface area contributed by atoms with Crippen LogP contribution in [0.25, 0.3) is 0 Å². The van der Waals surface area contributed by atoms with Crippen LogP contribution in [0, 0.1) is 0 Å². The SMILES string of the molecule is CCOC(=O)N1[C@@H](C(=O)N[C@@H](Cc2ccc(NC(=O)c3c(Cl)cccc3Cl)cc2)C(=O)O)C(C)(C)SC1(C)C. The molecule has 0 aliphatic carbocycles. The number of halogens is 2. The predicted octanol–water partition coefficient (Wildman–Crippen LogP) is 5.45. The Morgan fingerprint density at radius 1 is 1.05 bits per heavy atom. The van der Waals surface area contributed by atoms with Crippen molar-refractivity contribution in [3.8, 4) is 0 Å². The summed E-state index contributed by atoms with van der Waals surface area (Å²) < 4.78 is 4.50. The van der Waals surface area contributed by atoms with Gasteiger partial charge in [0.25, 0.3) is 5.91 Å². The number of nitrogens with zero attached hydrogens (tertiary/aromatic N) is 1. The molecule has 39 heavy (non-hydrogen) atoms. The van der Waals surface area contributed by atoms with Crippen molar-refractivity contribution in [1.82, 2.24) is 10.2 Å². The summed E-state index contributed by atoms with van der Waals surface area (Å²) in [7, 11) is 0. The first-order valence-corrected chi connectivity index (χ1v) is 13.8. The fraction of sp³-hybridized carbons (Fsp3) is 0.407. The van der Waals surface area contributed by atoms with Crippen LogP contribution in [0.2, 0.25) is 10.0 Å². The van der Waals surface area contributed by atoms with Gasteiger partial charge in [-0.2, -0.15) is 0 Å². The molecule has 0 radical (unpaired) electrons. The second-order valence-electron chi connectivity index (χ2n) is 9.97. The quantitative estimate of drug-likeness (QED) is 0.370. The molecule has 1 heterocycles. The molecule has 0 aromatic heterocycles. The van der Waals surface area contributed by atoms with E-state index in [1.807, 2.05) is 27.7 Å². The summed E-state index contributed by atoms with van der Waals surface area (Å²) in [6.07, 6.45) is -0.655. The molecule has 0 saturated carbocycles.